The smallest absolute Gasteiger partial charge is 0.424 e. The molecule has 0 unspecified atom stereocenters. The number of amides is 1. The van der Waals surface area contributed by atoms with Crippen molar-refractivity contribution < 1.29 is 35.9 Å². The maximum absolute atomic E-state index is 15.4. The van der Waals surface area contributed by atoms with Crippen LogP contribution in [0.2, 0.25) is 0 Å². The van der Waals surface area contributed by atoms with Crippen molar-refractivity contribution in [1.29, 1.82) is 0 Å². The van der Waals surface area contributed by atoms with Crippen molar-refractivity contribution in [3.63, 3.8) is 0 Å². The van der Waals surface area contributed by atoms with E-state index in [1.54, 1.807) is 36.4 Å². The first-order chi connectivity index (χ1) is 18.8. The number of ether oxygens (including phenoxy) is 1. The number of nitrogens with zero attached hydrogens (tertiary/aromatic N) is 1. The van der Waals surface area contributed by atoms with Gasteiger partial charge in [0.15, 0.2) is 11.6 Å². The van der Waals surface area contributed by atoms with Gasteiger partial charge in [-0.15, -0.1) is 0 Å². The fourth-order valence-electron chi connectivity index (χ4n) is 6.01. The number of carbonyl (C=O) groups excluding carboxylic acids is 1. The number of rotatable bonds is 1. The predicted molar refractivity (Wildman–Crippen MR) is 137 cm³/mol. The minimum atomic E-state index is -1.21. The minimum absolute atomic E-state index is 0.0237. The molecular formula is C29H11BF5NO3. The second-order valence-corrected chi connectivity index (χ2v) is 9.49. The summed E-state index contributed by atoms with van der Waals surface area (Å²) in [6.45, 7) is -1.21. The first-order valence-electron chi connectivity index (χ1n) is 11.9. The third kappa shape index (κ3) is 2.75. The van der Waals surface area contributed by atoms with Crippen molar-refractivity contribution >= 4 is 73.3 Å². The first kappa shape index (κ1) is 22.2. The topological polar surface area (TPSA) is 42.7 Å². The second kappa shape index (κ2) is 7.38. The Kier molecular flexibility index (Phi) is 4.19. The predicted octanol–water partition coefficient (Wildman–Crippen LogP) is 5.91. The Balaban J connectivity index is 1.61. The van der Waals surface area contributed by atoms with E-state index in [4.69, 9.17) is 9.15 Å². The van der Waals surface area contributed by atoms with Gasteiger partial charge in [0.05, 0.1) is 22.1 Å². The van der Waals surface area contributed by atoms with Crippen LogP contribution in [0, 0.1) is 29.1 Å². The molecule has 0 N–H and O–H groups in total. The zero-order valence-corrected chi connectivity index (χ0v) is 19.5. The Morgan fingerprint density at radius 1 is 0.667 bits per heavy atom. The van der Waals surface area contributed by atoms with Crippen LogP contribution < -0.4 is 26.0 Å². The van der Waals surface area contributed by atoms with E-state index in [1.807, 2.05) is 0 Å². The van der Waals surface area contributed by atoms with E-state index >= 15 is 8.78 Å². The average Bonchev–Trinajstić information content (AvgIpc) is 3.28. The lowest BCUT2D eigenvalue weighted by Crippen LogP contribution is -2.61. The summed E-state index contributed by atoms with van der Waals surface area (Å²) in [5.74, 6) is -5.89. The number of hydrogen-bond donors (Lipinski definition) is 0. The van der Waals surface area contributed by atoms with Crippen LogP contribution in [-0.2, 0) is 0 Å². The summed E-state index contributed by atoms with van der Waals surface area (Å²) in [4.78, 5) is 14.7. The van der Waals surface area contributed by atoms with Crippen LogP contribution in [0.3, 0.4) is 0 Å². The summed E-state index contributed by atoms with van der Waals surface area (Å²) in [6.07, 6.45) is -0.987. The quantitative estimate of drug-likeness (QED) is 0.197. The third-order valence-electron chi connectivity index (χ3n) is 7.48. The zero-order chi connectivity index (χ0) is 26.7. The molecule has 1 aromatic heterocycles. The van der Waals surface area contributed by atoms with Crippen LogP contribution in [0.25, 0.3) is 32.7 Å². The zero-order valence-electron chi connectivity index (χ0n) is 19.5. The van der Waals surface area contributed by atoms with Crippen LogP contribution in [-0.4, -0.2) is 12.8 Å². The molecule has 4 nitrogen and oxygen atoms in total. The standard InChI is InChI=1S/C29H11BF5NO3/c31-12-9-18(33)25(19(34)10-12)30-15-6-5-13-17(32)11-20(35)28-24(13)27(15)36(29(37)39-28)26-16(30)7-8-22-23(26)14-3-1-2-4-21(14)38-22/h1-11H. The number of furan rings is 1. The molecule has 0 aliphatic carbocycles. The van der Waals surface area contributed by atoms with E-state index in [0.29, 0.717) is 45.6 Å². The lowest BCUT2D eigenvalue weighted by molar-refractivity contribution is 0.208. The number of benzene rings is 5. The Bertz CT molecular complexity index is 2080. The molecule has 188 valence electrons. The minimum Gasteiger partial charge on any atom is -0.456 e. The van der Waals surface area contributed by atoms with Gasteiger partial charge in [0.1, 0.15) is 34.4 Å². The lowest BCUT2D eigenvalue weighted by Gasteiger charge is -2.38. The number of fused-ring (bicyclic) bond motifs is 6. The largest absolute Gasteiger partial charge is 0.456 e. The van der Waals surface area contributed by atoms with Gasteiger partial charge in [0.2, 0.25) is 0 Å². The summed E-state index contributed by atoms with van der Waals surface area (Å²) < 4.78 is 86.0. The van der Waals surface area contributed by atoms with E-state index in [1.165, 1.54) is 17.0 Å². The van der Waals surface area contributed by atoms with Crippen LogP contribution in [0.4, 0.5) is 38.1 Å². The highest BCUT2D eigenvalue weighted by molar-refractivity contribution is 6.98. The van der Waals surface area contributed by atoms with Gasteiger partial charge < -0.3 is 9.15 Å². The fourth-order valence-corrected chi connectivity index (χ4v) is 6.01. The van der Waals surface area contributed by atoms with Crippen molar-refractivity contribution in [3.05, 3.63) is 95.8 Å². The highest BCUT2D eigenvalue weighted by Crippen LogP contribution is 2.48. The lowest BCUT2D eigenvalue weighted by atomic mass is 9.34. The average molecular weight is 527 g/mol. The molecule has 0 saturated carbocycles. The normalized spacial score (nSPS) is 13.9. The van der Waals surface area contributed by atoms with Crippen LogP contribution in [0.5, 0.6) is 5.75 Å². The highest BCUT2D eigenvalue weighted by Gasteiger charge is 2.46. The molecule has 2 aliphatic rings. The van der Waals surface area contributed by atoms with Crippen molar-refractivity contribution in [2.45, 2.75) is 0 Å². The molecule has 0 spiro atoms. The molecule has 5 aromatic carbocycles. The van der Waals surface area contributed by atoms with Gasteiger partial charge in [0, 0.05) is 34.4 Å². The number of para-hydroxylation sites is 1. The van der Waals surface area contributed by atoms with Crippen LogP contribution in [0.15, 0.2) is 71.1 Å². The van der Waals surface area contributed by atoms with Crippen LogP contribution >= 0.6 is 0 Å². The van der Waals surface area contributed by atoms with E-state index in [-0.39, 0.29) is 27.6 Å². The summed E-state index contributed by atoms with van der Waals surface area (Å²) >= 11 is 0. The maximum atomic E-state index is 15.4. The Morgan fingerprint density at radius 2 is 1.36 bits per heavy atom. The molecule has 8 rings (SSSR count). The molecule has 0 atom stereocenters. The van der Waals surface area contributed by atoms with Gasteiger partial charge in [-0.25, -0.2) is 31.6 Å². The van der Waals surface area contributed by atoms with E-state index in [2.05, 4.69) is 0 Å². The van der Waals surface area contributed by atoms with Crippen molar-refractivity contribution in [2.24, 2.45) is 0 Å². The molecule has 0 fully saturated rings. The van der Waals surface area contributed by atoms with E-state index in [9.17, 15) is 18.0 Å². The molecule has 2 aliphatic heterocycles. The molecule has 10 heteroatoms. The molecule has 3 heterocycles. The molecule has 6 aromatic rings. The molecule has 0 saturated heterocycles. The number of hydrogen-bond acceptors (Lipinski definition) is 3. The van der Waals surface area contributed by atoms with Gasteiger partial charge in [0.25, 0.3) is 6.71 Å². The van der Waals surface area contributed by atoms with Crippen molar-refractivity contribution in [3.8, 4) is 5.75 Å². The maximum Gasteiger partial charge on any atom is 0.424 e. The SMILES string of the molecule is O=C1Oc2c(F)cc(F)c3ccc4c(c23)N1c1c(ccc2oc3ccccc3c12)B4c1c(F)cc(F)cc1F. The summed E-state index contributed by atoms with van der Waals surface area (Å²) in [6, 6.07) is 14.7. The van der Waals surface area contributed by atoms with Gasteiger partial charge in [-0.2, -0.15) is 0 Å². The first-order valence-corrected chi connectivity index (χ1v) is 11.9. The summed E-state index contributed by atoms with van der Waals surface area (Å²) in [5, 5.41) is 0.931. The van der Waals surface area contributed by atoms with Crippen molar-refractivity contribution in [2.75, 3.05) is 4.90 Å². The van der Waals surface area contributed by atoms with Gasteiger partial charge in [-0.05, 0) is 23.1 Å². The number of halogens is 5. The monoisotopic (exact) mass is 527 g/mol. The molecule has 0 bridgehead atoms. The molecular weight excluding hydrogens is 516 g/mol. The van der Waals surface area contributed by atoms with Gasteiger partial charge in [-0.3, -0.25) is 0 Å². The van der Waals surface area contributed by atoms with Gasteiger partial charge in [-0.1, -0.05) is 36.4 Å². The molecule has 39 heavy (non-hydrogen) atoms. The van der Waals surface area contributed by atoms with E-state index in [0.717, 1.165) is 0 Å². The summed E-state index contributed by atoms with van der Waals surface area (Å²) in [7, 11) is 0. The second-order valence-electron chi connectivity index (χ2n) is 9.49. The Morgan fingerprint density at radius 3 is 2.13 bits per heavy atom. The Hall–Kier alpha value is -4.86. The van der Waals surface area contributed by atoms with Crippen LogP contribution in [0.1, 0.15) is 0 Å². The molecule has 1 amide bonds. The number of carbonyl (C=O) groups is 1. The van der Waals surface area contributed by atoms with Gasteiger partial charge >= 0.3 is 6.09 Å². The molecule has 0 radical (unpaired) electrons. The third-order valence-corrected chi connectivity index (χ3v) is 7.48. The van der Waals surface area contributed by atoms with E-state index < -0.39 is 53.1 Å². The summed E-state index contributed by atoms with van der Waals surface area (Å²) in [5.41, 5.74) is 1.08. The highest BCUT2D eigenvalue weighted by atomic mass is 19.2. The van der Waals surface area contributed by atoms with Crippen molar-refractivity contribution in [1.82, 2.24) is 0 Å². The number of anilines is 2. The Labute approximate surface area is 215 Å². The fraction of sp³-hybridized carbons (Fsp3) is 0.